The number of rotatable bonds is 4. The minimum absolute atomic E-state index is 0.0894. The second-order valence-electron chi connectivity index (χ2n) is 5.15. The molecule has 0 saturated carbocycles. The van der Waals surface area contributed by atoms with Gasteiger partial charge in [-0.05, 0) is 24.3 Å². The predicted octanol–water partition coefficient (Wildman–Crippen LogP) is 1.87. The molecule has 0 fully saturated rings. The first-order chi connectivity index (χ1) is 11.7. The van der Waals surface area contributed by atoms with E-state index >= 15 is 0 Å². The van der Waals surface area contributed by atoms with Crippen molar-refractivity contribution in [3.05, 3.63) is 54.9 Å². The average molecular weight is 323 g/mol. The van der Waals surface area contributed by atoms with Crippen LogP contribution in [0, 0.1) is 0 Å². The van der Waals surface area contributed by atoms with E-state index in [-0.39, 0.29) is 12.5 Å². The van der Waals surface area contributed by atoms with E-state index in [9.17, 15) is 9.59 Å². The summed E-state index contributed by atoms with van der Waals surface area (Å²) in [4.78, 5) is 27.3. The summed E-state index contributed by atoms with van der Waals surface area (Å²) in [5.74, 6) is -0.293. The van der Waals surface area contributed by atoms with Crippen LogP contribution in [0.25, 0.3) is 16.9 Å². The van der Waals surface area contributed by atoms with E-state index in [0.717, 1.165) is 16.9 Å². The van der Waals surface area contributed by atoms with Gasteiger partial charge in [0.25, 0.3) is 0 Å². The molecule has 0 radical (unpaired) electrons. The fourth-order valence-corrected chi connectivity index (χ4v) is 2.25. The molecule has 1 aromatic carbocycles. The van der Waals surface area contributed by atoms with Crippen molar-refractivity contribution in [3.63, 3.8) is 0 Å². The van der Waals surface area contributed by atoms with Crippen LogP contribution in [0.4, 0.5) is 10.5 Å². The molecule has 7 nitrogen and oxygen atoms in total. The Hall–Kier alpha value is -3.35. The van der Waals surface area contributed by atoms with E-state index in [0.29, 0.717) is 5.69 Å². The van der Waals surface area contributed by atoms with Gasteiger partial charge in [-0.15, -0.1) is 0 Å². The maximum Gasteiger partial charge on any atom is 0.314 e. The number of pyridine rings is 1. The van der Waals surface area contributed by atoms with Gasteiger partial charge in [-0.3, -0.25) is 4.79 Å². The fraction of sp³-hybridized carbons (Fsp3) is 0.118. The standard InChI is InChI=1S/C17H17N5O2/c1-18-17(24)19-10-16(23)20-13-7-5-12(6-8-13)14-11-22-9-3-2-4-15(22)21-14/h2-9,11H,10H2,1H3,(H,20,23)(H2,18,19,24). The monoisotopic (exact) mass is 323 g/mol. The lowest BCUT2D eigenvalue weighted by Gasteiger charge is -2.07. The van der Waals surface area contributed by atoms with E-state index in [1.807, 2.05) is 47.1 Å². The quantitative estimate of drug-likeness (QED) is 0.685. The van der Waals surface area contributed by atoms with Crippen LogP contribution >= 0.6 is 0 Å². The maximum atomic E-state index is 11.7. The Bertz CT molecular complexity index is 837. The van der Waals surface area contributed by atoms with Crippen LogP contribution in [0.5, 0.6) is 0 Å². The van der Waals surface area contributed by atoms with E-state index in [4.69, 9.17) is 0 Å². The molecule has 122 valence electrons. The van der Waals surface area contributed by atoms with Crippen molar-refractivity contribution in [2.24, 2.45) is 0 Å². The summed E-state index contributed by atoms with van der Waals surface area (Å²) in [6.07, 6.45) is 3.90. The zero-order valence-corrected chi connectivity index (χ0v) is 13.1. The number of amides is 3. The molecule has 0 aliphatic rings. The molecule has 3 aromatic rings. The van der Waals surface area contributed by atoms with Crippen molar-refractivity contribution < 1.29 is 9.59 Å². The summed E-state index contributed by atoms with van der Waals surface area (Å²) in [5.41, 5.74) is 3.36. The molecule has 2 heterocycles. The molecule has 0 unspecified atom stereocenters. The van der Waals surface area contributed by atoms with Crippen LogP contribution < -0.4 is 16.0 Å². The molecule has 0 spiro atoms. The van der Waals surface area contributed by atoms with E-state index in [1.165, 1.54) is 7.05 Å². The number of fused-ring (bicyclic) bond motifs is 1. The Morgan fingerprint density at radius 2 is 1.92 bits per heavy atom. The van der Waals surface area contributed by atoms with Gasteiger partial charge in [0.2, 0.25) is 5.91 Å². The van der Waals surface area contributed by atoms with Gasteiger partial charge in [0, 0.05) is 30.7 Å². The first kappa shape index (κ1) is 15.5. The summed E-state index contributed by atoms with van der Waals surface area (Å²) in [6.45, 7) is -0.0894. The van der Waals surface area contributed by atoms with Gasteiger partial charge in [-0.25, -0.2) is 9.78 Å². The van der Waals surface area contributed by atoms with Crippen LogP contribution in [-0.4, -0.2) is 34.9 Å². The van der Waals surface area contributed by atoms with Crippen molar-refractivity contribution >= 4 is 23.3 Å². The van der Waals surface area contributed by atoms with Crippen LogP contribution in [0.3, 0.4) is 0 Å². The number of carbonyl (C=O) groups excluding carboxylic acids is 2. The molecule has 3 rings (SSSR count). The van der Waals surface area contributed by atoms with E-state index in [1.54, 1.807) is 12.1 Å². The lowest BCUT2D eigenvalue weighted by atomic mass is 10.1. The second-order valence-corrected chi connectivity index (χ2v) is 5.15. The SMILES string of the molecule is CNC(=O)NCC(=O)Nc1ccc(-c2cn3ccccc3n2)cc1. The van der Waals surface area contributed by atoms with Crippen molar-refractivity contribution in [1.82, 2.24) is 20.0 Å². The number of hydrogen-bond acceptors (Lipinski definition) is 3. The minimum atomic E-state index is -0.396. The third-order valence-corrected chi connectivity index (χ3v) is 3.46. The molecule has 24 heavy (non-hydrogen) atoms. The highest BCUT2D eigenvalue weighted by atomic mass is 16.2. The lowest BCUT2D eigenvalue weighted by Crippen LogP contribution is -2.38. The van der Waals surface area contributed by atoms with Crippen LogP contribution in [0.15, 0.2) is 54.9 Å². The van der Waals surface area contributed by atoms with Crippen molar-refractivity contribution in [3.8, 4) is 11.3 Å². The first-order valence-corrected chi connectivity index (χ1v) is 7.45. The average Bonchev–Trinajstić information content (AvgIpc) is 3.04. The Kier molecular flexibility index (Phi) is 4.42. The van der Waals surface area contributed by atoms with Crippen LogP contribution in [0.1, 0.15) is 0 Å². The summed E-state index contributed by atoms with van der Waals surface area (Å²) in [6, 6.07) is 12.8. The van der Waals surface area contributed by atoms with Crippen molar-refractivity contribution in [2.75, 3.05) is 18.9 Å². The molecular weight excluding hydrogens is 306 g/mol. The maximum absolute atomic E-state index is 11.7. The molecule has 3 amide bonds. The molecule has 2 aromatic heterocycles. The van der Waals surface area contributed by atoms with Crippen molar-refractivity contribution in [1.29, 1.82) is 0 Å². The normalized spacial score (nSPS) is 10.4. The number of urea groups is 1. The van der Waals surface area contributed by atoms with Gasteiger partial charge < -0.3 is 20.4 Å². The van der Waals surface area contributed by atoms with Gasteiger partial charge in [0.1, 0.15) is 5.65 Å². The highest BCUT2D eigenvalue weighted by Crippen LogP contribution is 2.21. The predicted molar refractivity (Wildman–Crippen MR) is 91.7 cm³/mol. The number of carbonyl (C=O) groups is 2. The zero-order valence-electron chi connectivity index (χ0n) is 13.1. The van der Waals surface area contributed by atoms with E-state index in [2.05, 4.69) is 20.9 Å². The summed E-state index contributed by atoms with van der Waals surface area (Å²) in [7, 11) is 1.49. The number of nitrogens with zero attached hydrogens (tertiary/aromatic N) is 2. The smallest absolute Gasteiger partial charge is 0.314 e. The largest absolute Gasteiger partial charge is 0.341 e. The Balaban J connectivity index is 1.67. The Morgan fingerprint density at radius 3 is 2.62 bits per heavy atom. The van der Waals surface area contributed by atoms with Crippen LogP contribution in [-0.2, 0) is 4.79 Å². The van der Waals surface area contributed by atoms with Gasteiger partial charge in [0.15, 0.2) is 0 Å². The van der Waals surface area contributed by atoms with Gasteiger partial charge >= 0.3 is 6.03 Å². The molecule has 0 aliphatic heterocycles. The molecule has 7 heteroatoms. The third-order valence-electron chi connectivity index (χ3n) is 3.46. The molecule has 0 atom stereocenters. The number of nitrogens with one attached hydrogen (secondary N) is 3. The second kappa shape index (κ2) is 6.82. The number of benzene rings is 1. The lowest BCUT2D eigenvalue weighted by molar-refractivity contribution is -0.115. The van der Waals surface area contributed by atoms with Gasteiger partial charge in [0.05, 0.1) is 12.2 Å². The highest BCUT2D eigenvalue weighted by Gasteiger charge is 2.06. The number of imidazole rings is 1. The van der Waals surface area contributed by atoms with Gasteiger partial charge in [-0.2, -0.15) is 0 Å². The third kappa shape index (κ3) is 3.52. The summed E-state index contributed by atoms with van der Waals surface area (Å²) < 4.78 is 1.95. The Morgan fingerprint density at radius 1 is 1.12 bits per heavy atom. The summed E-state index contributed by atoms with van der Waals surface area (Å²) >= 11 is 0. The topological polar surface area (TPSA) is 87.5 Å². The molecule has 0 aliphatic carbocycles. The minimum Gasteiger partial charge on any atom is -0.341 e. The number of aromatic nitrogens is 2. The molecule has 3 N–H and O–H groups in total. The first-order valence-electron chi connectivity index (χ1n) is 7.45. The van der Waals surface area contributed by atoms with Crippen LogP contribution in [0.2, 0.25) is 0 Å². The van der Waals surface area contributed by atoms with Gasteiger partial charge in [-0.1, -0.05) is 18.2 Å². The van der Waals surface area contributed by atoms with Crippen molar-refractivity contribution in [2.45, 2.75) is 0 Å². The summed E-state index contributed by atoms with van der Waals surface area (Å²) in [5, 5.41) is 7.53. The molecular formula is C17H17N5O2. The number of hydrogen-bond donors (Lipinski definition) is 3. The zero-order chi connectivity index (χ0) is 16.9. The van der Waals surface area contributed by atoms with E-state index < -0.39 is 6.03 Å². The molecule has 0 saturated heterocycles. The fourth-order valence-electron chi connectivity index (χ4n) is 2.25. The Labute approximate surface area is 138 Å². The number of anilines is 1. The molecule has 0 bridgehead atoms. The highest BCUT2D eigenvalue weighted by molar-refractivity contribution is 5.94.